The summed E-state index contributed by atoms with van der Waals surface area (Å²) in [6.45, 7) is 0.720. The van der Waals surface area contributed by atoms with Crippen LogP contribution in [-0.4, -0.2) is 6.54 Å². The van der Waals surface area contributed by atoms with E-state index < -0.39 is 0 Å². The van der Waals surface area contributed by atoms with Crippen LogP contribution in [0.3, 0.4) is 0 Å². The maximum absolute atomic E-state index is 12.5. The fourth-order valence-corrected chi connectivity index (χ4v) is 1.06. The molecular formula is C12H14FN. The van der Waals surface area contributed by atoms with Crippen LogP contribution in [0.25, 0.3) is 0 Å². The quantitative estimate of drug-likeness (QED) is 0.575. The standard InChI is InChI=1S/C12H14FN/c13-12-8-6-11(7-9-12)5-3-1-2-4-10-14/h6-9H,1-2,4,10,14H2. The van der Waals surface area contributed by atoms with Gasteiger partial charge in [0.1, 0.15) is 5.82 Å². The van der Waals surface area contributed by atoms with E-state index in [1.807, 2.05) is 0 Å². The minimum absolute atomic E-state index is 0.223. The van der Waals surface area contributed by atoms with Crippen LogP contribution in [0.4, 0.5) is 4.39 Å². The zero-order valence-corrected chi connectivity index (χ0v) is 8.09. The van der Waals surface area contributed by atoms with Crippen molar-refractivity contribution in [3.8, 4) is 11.8 Å². The Balaban J connectivity index is 2.39. The lowest BCUT2D eigenvalue weighted by Gasteiger charge is -1.90. The molecule has 0 fully saturated rings. The summed E-state index contributed by atoms with van der Waals surface area (Å²) in [5.74, 6) is 5.78. The molecule has 14 heavy (non-hydrogen) atoms. The second-order valence-corrected chi connectivity index (χ2v) is 3.05. The minimum atomic E-state index is -0.223. The molecule has 1 aromatic carbocycles. The molecule has 2 heteroatoms. The molecule has 1 aromatic rings. The van der Waals surface area contributed by atoms with Crippen LogP contribution in [0.1, 0.15) is 24.8 Å². The van der Waals surface area contributed by atoms with Crippen molar-refractivity contribution in [3.05, 3.63) is 35.6 Å². The first-order valence-electron chi connectivity index (χ1n) is 4.77. The number of hydrogen-bond acceptors (Lipinski definition) is 1. The average molecular weight is 191 g/mol. The van der Waals surface area contributed by atoms with Crippen molar-refractivity contribution in [1.82, 2.24) is 0 Å². The van der Waals surface area contributed by atoms with Gasteiger partial charge in [-0.05, 0) is 43.7 Å². The van der Waals surface area contributed by atoms with Gasteiger partial charge in [0, 0.05) is 12.0 Å². The summed E-state index contributed by atoms with van der Waals surface area (Å²) in [4.78, 5) is 0. The lowest BCUT2D eigenvalue weighted by molar-refractivity contribution is 0.627. The molecule has 0 atom stereocenters. The Bertz CT molecular complexity index is 318. The third-order valence-electron chi connectivity index (χ3n) is 1.83. The zero-order chi connectivity index (χ0) is 10.2. The lowest BCUT2D eigenvalue weighted by Crippen LogP contribution is -1.96. The third-order valence-corrected chi connectivity index (χ3v) is 1.83. The Morgan fingerprint density at radius 1 is 1.14 bits per heavy atom. The molecule has 74 valence electrons. The second kappa shape index (κ2) is 6.17. The van der Waals surface area contributed by atoms with Crippen LogP contribution in [0.15, 0.2) is 24.3 Å². The molecule has 0 unspecified atom stereocenters. The van der Waals surface area contributed by atoms with Gasteiger partial charge in [-0.15, -0.1) is 0 Å². The van der Waals surface area contributed by atoms with Crippen LogP contribution in [-0.2, 0) is 0 Å². The van der Waals surface area contributed by atoms with Gasteiger partial charge in [0.05, 0.1) is 0 Å². The van der Waals surface area contributed by atoms with E-state index in [2.05, 4.69) is 11.8 Å². The van der Waals surface area contributed by atoms with Gasteiger partial charge in [0.25, 0.3) is 0 Å². The molecule has 0 aromatic heterocycles. The van der Waals surface area contributed by atoms with Gasteiger partial charge >= 0.3 is 0 Å². The molecule has 0 heterocycles. The summed E-state index contributed by atoms with van der Waals surface area (Å²) in [6.07, 6.45) is 2.90. The monoisotopic (exact) mass is 191 g/mol. The van der Waals surface area contributed by atoms with E-state index in [9.17, 15) is 4.39 Å². The van der Waals surface area contributed by atoms with E-state index >= 15 is 0 Å². The Morgan fingerprint density at radius 3 is 2.50 bits per heavy atom. The fourth-order valence-electron chi connectivity index (χ4n) is 1.06. The summed E-state index contributed by atoms with van der Waals surface area (Å²) in [7, 11) is 0. The highest BCUT2D eigenvalue weighted by Gasteiger charge is 1.88. The highest BCUT2D eigenvalue weighted by Crippen LogP contribution is 2.01. The van der Waals surface area contributed by atoms with Crippen molar-refractivity contribution in [2.24, 2.45) is 5.73 Å². The molecule has 0 spiro atoms. The highest BCUT2D eigenvalue weighted by molar-refractivity contribution is 5.33. The first-order valence-corrected chi connectivity index (χ1v) is 4.77. The van der Waals surface area contributed by atoms with Gasteiger partial charge < -0.3 is 5.73 Å². The summed E-state index contributed by atoms with van der Waals surface area (Å²) in [5, 5.41) is 0. The van der Waals surface area contributed by atoms with Gasteiger partial charge in [-0.1, -0.05) is 11.8 Å². The van der Waals surface area contributed by atoms with Crippen molar-refractivity contribution in [2.75, 3.05) is 6.54 Å². The zero-order valence-electron chi connectivity index (χ0n) is 8.09. The largest absolute Gasteiger partial charge is 0.330 e. The maximum Gasteiger partial charge on any atom is 0.123 e. The molecule has 0 bridgehead atoms. The van der Waals surface area contributed by atoms with Crippen LogP contribution < -0.4 is 5.73 Å². The maximum atomic E-state index is 12.5. The number of nitrogens with two attached hydrogens (primary N) is 1. The first-order chi connectivity index (χ1) is 6.83. The Morgan fingerprint density at radius 2 is 1.86 bits per heavy atom. The Hall–Kier alpha value is -1.33. The summed E-state index contributed by atoms with van der Waals surface area (Å²) in [6, 6.07) is 6.21. The van der Waals surface area contributed by atoms with E-state index in [0.717, 1.165) is 31.4 Å². The van der Waals surface area contributed by atoms with E-state index in [4.69, 9.17) is 5.73 Å². The predicted molar refractivity (Wildman–Crippen MR) is 56.2 cm³/mol. The van der Waals surface area contributed by atoms with Gasteiger partial charge in [-0.25, -0.2) is 4.39 Å². The molecule has 0 aliphatic carbocycles. The van der Waals surface area contributed by atoms with Gasteiger partial charge in [-0.3, -0.25) is 0 Å². The van der Waals surface area contributed by atoms with Crippen LogP contribution >= 0.6 is 0 Å². The third kappa shape index (κ3) is 4.06. The predicted octanol–water partition coefficient (Wildman–Crippen LogP) is 2.31. The molecule has 0 aliphatic heterocycles. The molecule has 2 N–H and O–H groups in total. The highest BCUT2D eigenvalue weighted by atomic mass is 19.1. The fraction of sp³-hybridized carbons (Fsp3) is 0.333. The number of rotatable bonds is 3. The molecule has 0 amide bonds. The molecule has 0 saturated heterocycles. The van der Waals surface area contributed by atoms with Crippen molar-refractivity contribution in [1.29, 1.82) is 0 Å². The number of benzene rings is 1. The van der Waals surface area contributed by atoms with Crippen molar-refractivity contribution in [3.63, 3.8) is 0 Å². The normalized spacial score (nSPS) is 9.29. The summed E-state index contributed by atoms with van der Waals surface area (Å²) < 4.78 is 12.5. The van der Waals surface area contributed by atoms with E-state index in [1.165, 1.54) is 12.1 Å². The van der Waals surface area contributed by atoms with Crippen molar-refractivity contribution in [2.45, 2.75) is 19.3 Å². The smallest absolute Gasteiger partial charge is 0.123 e. The number of hydrogen-bond donors (Lipinski definition) is 1. The summed E-state index contributed by atoms with van der Waals surface area (Å²) >= 11 is 0. The second-order valence-electron chi connectivity index (χ2n) is 3.05. The van der Waals surface area contributed by atoms with E-state index in [-0.39, 0.29) is 5.82 Å². The molecule has 0 saturated carbocycles. The molecule has 0 radical (unpaired) electrons. The Labute approximate surface area is 84.1 Å². The number of unbranched alkanes of at least 4 members (excludes halogenated alkanes) is 2. The van der Waals surface area contributed by atoms with Gasteiger partial charge in [0.15, 0.2) is 0 Å². The SMILES string of the molecule is NCCCCC#Cc1ccc(F)cc1. The molecular weight excluding hydrogens is 177 g/mol. The average Bonchev–Trinajstić information content (AvgIpc) is 2.21. The van der Waals surface area contributed by atoms with Gasteiger partial charge in [0.2, 0.25) is 0 Å². The molecule has 0 aliphatic rings. The van der Waals surface area contributed by atoms with Crippen molar-refractivity contribution < 1.29 is 4.39 Å². The van der Waals surface area contributed by atoms with E-state index in [0.29, 0.717) is 0 Å². The first kappa shape index (κ1) is 10.7. The minimum Gasteiger partial charge on any atom is -0.330 e. The summed E-state index contributed by atoms with van der Waals surface area (Å²) in [5.41, 5.74) is 6.21. The van der Waals surface area contributed by atoms with E-state index in [1.54, 1.807) is 12.1 Å². The van der Waals surface area contributed by atoms with Gasteiger partial charge in [-0.2, -0.15) is 0 Å². The Kier molecular flexibility index (Phi) is 4.74. The lowest BCUT2D eigenvalue weighted by atomic mass is 10.2. The van der Waals surface area contributed by atoms with Crippen LogP contribution in [0.5, 0.6) is 0 Å². The molecule has 1 nitrogen and oxygen atoms in total. The topological polar surface area (TPSA) is 26.0 Å². The molecule has 1 rings (SSSR count). The van der Waals surface area contributed by atoms with Crippen molar-refractivity contribution >= 4 is 0 Å². The van der Waals surface area contributed by atoms with Crippen LogP contribution in [0.2, 0.25) is 0 Å². The van der Waals surface area contributed by atoms with Crippen LogP contribution in [0, 0.1) is 17.7 Å². The number of halogens is 1.